The third-order valence-electron chi connectivity index (χ3n) is 2.70. The van der Waals surface area contributed by atoms with E-state index in [4.69, 9.17) is 0 Å². The number of hydrogen-bond acceptors (Lipinski definition) is 0. The highest BCUT2D eigenvalue weighted by molar-refractivity contribution is 4.78. The van der Waals surface area contributed by atoms with Gasteiger partial charge in [0.2, 0.25) is 0 Å². The molecule has 0 N–H and O–H groups in total. The van der Waals surface area contributed by atoms with Crippen molar-refractivity contribution in [1.82, 2.24) is 0 Å². The Balaban J connectivity index is 4.32. The van der Waals surface area contributed by atoms with Gasteiger partial charge in [-0.2, -0.15) is 0 Å². The lowest BCUT2D eigenvalue weighted by molar-refractivity contribution is 0.167. The second-order valence-electron chi connectivity index (χ2n) is 6.60. The molecule has 0 fully saturated rings. The van der Waals surface area contributed by atoms with E-state index in [0.717, 1.165) is 17.8 Å². The second kappa shape index (κ2) is 5.78. The van der Waals surface area contributed by atoms with Crippen molar-refractivity contribution in [2.45, 2.75) is 67.7 Å². The van der Waals surface area contributed by atoms with Crippen LogP contribution in [0, 0.1) is 23.2 Å². The zero-order valence-electron chi connectivity index (χ0n) is 11.4. The Bertz CT molecular complexity index is 116. The van der Waals surface area contributed by atoms with Crippen molar-refractivity contribution >= 4 is 0 Å². The van der Waals surface area contributed by atoms with Crippen LogP contribution in [0.15, 0.2) is 0 Å². The van der Waals surface area contributed by atoms with Crippen LogP contribution in [0.25, 0.3) is 0 Å². The first kappa shape index (κ1) is 14.0. The average Bonchev–Trinajstić information content (AvgIpc) is 1.76. The van der Waals surface area contributed by atoms with Gasteiger partial charge in [-0.3, -0.25) is 0 Å². The average molecular weight is 198 g/mol. The van der Waals surface area contributed by atoms with Gasteiger partial charge in [-0.15, -0.1) is 0 Å². The quantitative estimate of drug-likeness (QED) is 0.555. The van der Waals surface area contributed by atoms with Gasteiger partial charge in [-0.05, 0) is 42.4 Å². The van der Waals surface area contributed by atoms with Crippen LogP contribution < -0.4 is 0 Å². The molecule has 0 amide bonds. The molecular weight excluding hydrogens is 168 g/mol. The summed E-state index contributed by atoms with van der Waals surface area (Å²) in [6, 6.07) is 0. The van der Waals surface area contributed by atoms with Crippen LogP contribution in [0.2, 0.25) is 0 Å². The fraction of sp³-hybridized carbons (Fsp3) is 1.00. The maximum absolute atomic E-state index is 2.48. The minimum atomic E-state index is 0.566. The van der Waals surface area contributed by atoms with Crippen molar-refractivity contribution in [1.29, 1.82) is 0 Å². The van der Waals surface area contributed by atoms with Gasteiger partial charge < -0.3 is 0 Å². The minimum Gasteiger partial charge on any atom is -0.0628 e. The van der Waals surface area contributed by atoms with E-state index >= 15 is 0 Å². The van der Waals surface area contributed by atoms with Crippen molar-refractivity contribution in [2.24, 2.45) is 23.2 Å². The predicted octanol–water partition coefficient (Wildman–Crippen LogP) is 5.13. The summed E-state index contributed by atoms with van der Waals surface area (Å²) in [5, 5.41) is 0. The van der Waals surface area contributed by atoms with E-state index in [1.54, 1.807) is 0 Å². The Kier molecular flexibility index (Phi) is 5.78. The lowest BCUT2D eigenvalue weighted by Crippen LogP contribution is -2.23. The van der Waals surface area contributed by atoms with Gasteiger partial charge in [0.25, 0.3) is 0 Å². The summed E-state index contributed by atoms with van der Waals surface area (Å²) in [7, 11) is 0. The van der Waals surface area contributed by atoms with Gasteiger partial charge in [0.05, 0.1) is 0 Å². The summed E-state index contributed by atoms with van der Waals surface area (Å²) in [5.74, 6) is 2.49. The van der Waals surface area contributed by atoms with Crippen LogP contribution in [0.1, 0.15) is 67.7 Å². The van der Waals surface area contributed by atoms with Gasteiger partial charge in [0, 0.05) is 0 Å². The van der Waals surface area contributed by atoms with E-state index in [-0.39, 0.29) is 0 Å². The van der Waals surface area contributed by atoms with Crippen molar-refractivity contribution < 1.29 is 0 Å². The molecule has 0 saturated heterocycles. The van der Waals surface area contributed by atoms with E-state index in [1.165, 1.54) is 19.3 Å². The zero-order valence-corrected chi connectivity index (χ0v) is 11.4. The largest absolute Gasteiger partial charge is 0.0628 e. The van der Waals surface area contributed by atoms with Crippen LogP contribution in [-0.2, 0) is 0 Å². The van der Waals surface area contributed by atoms with Crippen molar-refractivity contribution in [3.63, 3.8) is 0 Å². The van der Waals surface area contributed by atoms with Gasteiger partial charge in [-0.1, -0.05) is 48.5 Å². The number of rotatable bonds is 6. The monoisotopic (exact) mass is 198 g/mol. The fourth-order valence-corrected chi connectivity index (χ4v) is 3.21. The highest BCUT2D eigenvalue weighted by Crippen LogP contribution is 2.38. The summed E-state index contributed by atoms with van der Waals surface area (Å²) in [4.78, 5) is 0. The van der Waals surface area contributed by atoms with Gasteiger partial charge >= 0.3 is 0 Å². The third-order valence-corrected chi connectivity index (χ3v) is 2.70. The maximum Gasteiger partial charge on any atom is -0.0319 e. The highest BCUT2D eigenvalue weighted by Gasteiger charge is 2.27. The van der Waals surface area contributed by atoms with Crippen LogP contribution in [0.4, 0.5) is 0 Å². The predicted molar refractivity (Wildman–Crippen MR) is 66.5 cm³/mol. The molecule has 14 heavy (non-hydrogen) atoms. The van der Waals surface area contributed by atoms with Crippen LogP contribution in [-0.4, -0.2) is 0 Å². The van der Waals surface area contributed by atoms with Gasteiger partial charge in [0.1, 0.15) is 0 Å². The number of hydrogen-bond donors (Lipinski definition) is 0. The zero-order chi connectivity index (χ0) is 11.4. The Hall–Kier alpha value is 0. The molecule has 0 aromatic rings. The molecule has 0 nitrogen and oxygen atoms in total. The molecule has 0 saturated carbocycles. The molecule has 0 aliphatic carbocycles. The summed E-state index contributed by atoms with van der Waals surface area (Å²) in [5.41, 5.74) is 0.566. The van der Waals surface area contributed by atoms with E-state index in [2.05, 4.69) is 48.5 Å². The summed E-state index contributed by atoms with van der Waals surface area (Å²) in [6.45, 7) is 16.6. The molecule has 0 aromatic carbocycles. The smallest absolute Gasteiger partial charge is 0.0319 e. The molecule has 0 spiro atoms. The molecule has 0 atom stereocenters. The van der Waals surface area contributed by atoms with Gasteiger partial charge in [-0.25, -0.2) is 0 Å². The molecule has 86 valence electrons. The third kappa shape index (κ3) is 6.45. The summed E-state index contributed by atoms with van der Waals surface area (Å²) < 4.78 is 0. The van der Waals surface area contributed by atoms with Gasteiger partial charge in [0.15, 0.2) is 0 Å². The van der Waals surface area contributed by atoms with E-state index in [0.29, 0.717) is 5.41 Å². The van der Waals surface area contributed by atoms with Crippen molar-refractivity contribution in [3.05, 3.63) is 0 Å². The van der Waals surface area contributed by atoms with Crippen molar-refractivity contribution in [2.75, 3.05) is 0 Å². The molecule has 0 aromatic heterocycles. The molecule has 0 radical (unpaired) electrons. The SMILES string of the molecule is CC(C)CC(C)(CC(C)C)CC(C)C. The van der Waals surface area contributed by atoms with Crippen molar-refractivity contribution in [3.8, 4) is 0 Å². The van der Waals surface area contributed by atoms with E-state index in [9.17, 15) is 0 Å². The lowest BCUT2D eigenvalue weighted by Gasteiger charge is -2.34. The van der Waals surface area contributed by atoms with Crippen LogP contribution in [0.5, 0.6) is 0 Å². The van der Waals surface area contributed by atoms with Crippen LogP contribution >= 0.6 is 0 Å². The van der Waals surface area contributed by atoms with Crippen LogP contribution in [0.3, 0.4) is 0 Å². The standard InChI is InChI=1S/C14H30/c1-11(2)8-14(7,9-12(3)4)10-13(5)6/h11-13H,8-10H2,1-7H3. The highest BCUT2D eigenvalue weighted by atomic mass is 14.3. The lowest BCUT2D eigenvalue weighted by atomic mass is 9.71. The Morgan fingerprint density at radius 2 is 0.857 bits per heavy atom. The first-order chi connectivity index (χ1) is 6.25. The molecular formula is C14H30. The Labute approximate surface area is 91.5 Å². The molecule has 0 unspecified atom stereocenters. The molecule has 0 bridgehead atoms. The van der Waals surface area contributed by atoms with E-state index < -0.39 is 0 Å². The minimum absolute atomic E-state index is 0.566. The summed E-state index contributed by atoms with van der Waals surface area (Å²) in [6.07, 6.45) is 4.14. The first-order valence-corrected chi connectivity index (χ1v) is 6.25. The fourth-order valence-electron chi connectivity index (χ4n) is 3.21. The molecule has 0 aliphatic rings. The molecule has 0 heterocycles. The molecule has 0 aliphatic heterocycles. The normalized spacial score (nSPS) is 13.3. The maximum atomic E-state index is 2.48. The Morgan fingerprint density at radius 1 is 0.643 bits per heavy atom. The molecule has 0 rings (SSSR count). The summed E-state index contributed by atoms with van der Waals surface area (Å²) >= 11 is 0. The first-order valence-electron chi connectivity index (χ1n) is 6.25. The Morgan fingerprint density at radius 3 is 1.00 bits per heavy atom. The second-order valence-corrected chi connectivity index (χ2v) is 6.60. The molecule has 0 heteroatoms. The van der Waals surface area contributed by atoms with E-state index in [1.807, 2.05) is 0 Å². The topological polar surface area (TPSA) is 0 Å².